The molecule has 0 spiro atoms. The Bertz CT molecular complexity index is 360. The lowest BCUT2D eigenvalue weighted by atomic mass is 10.0. The molecule has 0 aliphatic heterocycles. The van der Waals surface area contributed by atoms with Gasteiger partial charge in [0.2, 0.25) is 0 Å². The number of hydrogen-bond donors (Lipinski definition) is 3. The molecule has 1 rings (SSSR count). The third-order valence-electron chi connectivity index (χ3n) is 1.99. The third-order valence-corrected chi connectivity index (χ3v) is 2.49. The fourth-order valence-electron chi connectivity index (χ4n) is 1.11. The standard InChI is InChI=1S/C9H10BrF2NO2/c10-5-1-2-6(7(15)3-5)8(13)9(11,12)4-14/h1-3,8,14-15H,4,13H2/t8-/m1/s1. The highest BCUT2D eigenvalue weighted by Crippen LogP contribution is 2.34. The summed E-state index contributed by atoms with van der Waals surface area (Å²) in [6, 6.07) is 2.31. The molecule has 1 aromatic carbocycles. The van der Waals surface area contributed by atoms with E-state index < -0.39 is 18.6 Å². The summed E-state index contributed by atoms with van der Waals surface area (Å²) in [5.74, 6) is -3.78. The first kappa shape index (κ1) is 12.4. The van der Waals surface area contributed by atoms with E-state index in [9.17, 15) is 13.9 Å². The zero-order valence-electron chi connectivity index (χ0n) is 7.62. The maximum atomic E-state index is 13.0. The number of aliphatic hydroxyl groups excluding tert-OH is 1. The van der Waals surface area contributed by atoms with E-state index in [1.54, 1.807) is 0 Å². The summed E-state index contributed by atoms with van der Waals surface area (Å²) in [4.78, 5) is 0. The van der Waals surface area contributed by atoms with Crippen molar-refractivity contribution in [2.75, 3.05) is 6.61 Å². The number of hydrogen-bond acceptors (Lipinski definition) is 3. The van der Waals surface area contributed by atoms with Crippen molar-refractivity contribution >= 4 is 15.9 Å². The van der Waals surface area contributed by atoms with Crippen LogP contribution in [0.3, 0.4) is 0 Å². The van der Waals surface area contributed by atoms with Crippen molar-refractivity contribution in [3.05, 3.63) is 28.2 Å². The molecular weight excluding hydrogens is 272 g/mol. The first-order valence-corrected chi connectivity index (χ1v) is 4.90. The molecule has 0 unspecified atom stereocenters. The van der Waals surface area contributed by atoms with Crippen LogP contribution in [-0.4, -0.2) is 22.7 Å². The fourth-order valence-corrected chi connectivity index (χ4v) is 1.45. The summed E-state index contributed by atoms with van der Waals surface area (Å²) >= 11 is 3.08. The molecule has 0 aromatic heterocycles. The van der Waals surface area contributed by atoms with Gasteiger partial charge in [-0.1, -0.05) is 22.0 Å². The largest absolute Gasteiger partial charge is 0.508 e. The van der Waals surface area contributed by atoms with Gasteiger partial charge in [0, 0.05) is 10.0 Å². The summed E-state index contributed by atoms with van der Waals surface area (Å²) < 4.78 is 26.6. The summed E-state index contributed by atoms with van der Waals surface area (Å²) in [7, 11) is 0. The van der Waals surface area contributed by atoms with Gasteiger partial charge in [-0.15, -0.1) is 0 Å². The van der Waals surface area contributed by atoms with Crippen LogP contribution in [-0.2, 0) is 0 Å². The molecule has 0 saturated carbocycles. The fraction of sp³-hybridized carbons (Fsp3) is 0.333. The Morgan fingerprint density at radius 1 is 1.47 bits per heavy atom. The highest BCUT2D eigenvalue weighted by Gasteiger charge is 2.38. The van der Waals surface area contributed by atoms with Crippen LogP contribution < -0.4 is 5.73 Å². The molecule has 15 heavy (non-hydrogen) atoms. The van der Waals surface area contributed by atoms with E-state index in [0.717, 1.165) is 0 Å². The van der Waals surface area contributed by atoms with Gasteiger partial charge in [0.25, 0.3) is 5.92 Å². The number of aliphatic hydroxyl groups is 1. The van der Waals surface area contributed by atoms with E-state index in [2.05, 4.69) is 15.9 Å². The van der Waals surface area contributed by atoms with Crippen LogP contribution in [0.1, 0.15) is 11.6 Å². The molecule has 0 aliphatic rings. The van der Waals surface area contributed by atoms with Gasteiger partial charge < -0.3 is 15.9 Å². The van der Waals surface area contributed by atoms with Gasteiger partial charge in [-0.25, -0.2) is 8.78 Å². The number of alkyl halides is 2. The molecule has 1 aromatic rings. The average molecular weight is 282 g/mol. The van der Waals surface area contributed by atoms with Gasteiger partial charge in [-0.2, -0.15) is 0 Å². The van der Waals surface area contributed by atoms with Crippen LogP contribution in [0.2, 0.25) is 0 Å². The van der Waals surface area contributed by atoms with Crippen molar-refractivity contribution in [1.82, 2.24) is 0 Å². The van der Waals surface area contributed by atoms with Crippen molar-refractivity contribution in [2.24, 2.45) is 5.73 Å². The predicted molar refractivity (Wildman–Crippen MR) is 54.8 cm³/mol. The maximum Gasteiger partial charge on any atom is 0.289 e. The zero-order valence-corrected chi connectivity index (χ0v) is 9.21. The SMILES string of the molecule is N[C@H](c1ccc(Br)cc1O)C(F)(F)CO. The number of nitrogens with two attached hydrogens (primary N) is 1. The molecule has 0 bridgehead atoms. The Balaban J connectivity index is 3.06. The van der Waals surface area contributed by atoms with Gasteiger partial charge in [-0.3, -0.25) is 0 Å². The van der Waals surface area contributed by atoms with Crippen molar-refractivity contribution in [2.45, 2.75) is 12.0 Å². The molecule has 0 heterocycles. The highest BCUT2D eigenvalue weighted by atomic mass is 79.9. The first-order chi connectivity index (χ1) is 6.88. The van der Waals surface area contributed by atoms with Crippen molar-refractivity contribution in [1.29, 1.82) is 0 Å². The molecule has 0 fully saturated rings. The van der Waals surface area contributed by atoms with Gasteiger partial charge in [-0.05, 0) is 12.1 Å². The number of halogens is 3. The molecule has 3 nitrogen and oxygen atoms in total. The second-order valence-corrected chi connectivity index (χ2v) is 4.02. The first-order valence-electron chi connectivity index (χ1n) is 4.11. The van der Waals surface area contributed by atoms with Crippen LogP contribution >= 0.6 is 15.9 Å². The monoisotopic (exact) mass is 281 g/mol. The average Bonchev–Trinajstić information content (AvgIpc) is 2.17. The molecule has 0 saturated heterocycles. The Kier molecular flexibility index (Phi) is 3.64. The molecule has 0 amide bonds. The number of aromatic hydroxyl groups is 1. The lowest BCUT2D eigenvalue weighted by Gasteiger charge is -2.22. The summed E-state index contributed by atoms with van der Waals surface area (Å²) in [5.41, 5.74) is 5.15. The van der Waals surface area contributed by atoms with Gasteiger partial charge >= 0.3 is 0 Å². The summed E-state index contributed by atoms with van der Waals surface area (Å²) in [6.45, 7) is -1.36. The molecule has 6 heteroatoms. The van der Waals surface area contributed by atoms with Crippen LogP contribution in [0.4, 0.5) is 8.78 Å². The van der Waals surface area contributed by atoms with Gasteiger partial charge in [0.15, 0.2) is 0 Å². The molecule has 84 valence electrons. The Hall–Kier alpha value is -0.720. The molecule has 0 aliphatic carbocycles. The number of benzene rings is 1. The van der Waals surface area contributed by atoms with Gasteiger partial charge in [0.1, 0.15) is 18.4 Å². The van der Waals surface area contributed by atoms with E-state index >= 15 is 0 Å². The molecule has 1 atom stereocenters. The van der Waals surface area contributed by atoms with Crippen LogP contribution in [0, 0.1) is 0 Å². The Labute approximate surface area is 93.7 Å². The third kappa shape index (κ3) is 2.64. The Morgan fingerprint density at radius 2 is 2.07 bits per heavy atom. The number of phenolic OH excluding ortho intramolecular Hbond substituents is 1. The van der Waals surface area contributed by atoms with Crippen molar-refractivity contribution in [3.63, 3.8) is 0 Å². The quantitative estimate of drug-likeness (QED) is 0.791. The highest BCUT2D eigenvalue weighted by molar-refractivity contribution is 9.10. The number of rotatable bonds is 3. The van der Waals surface area contributed by atoms with Crippen molar-refractivity contribution in [3.8, 4) is 5.75 Å². The number of phenols is 1. The van der Waals surface area contributed by atoms with Gasteiger partial charge in [0.05, 0.1) is 0 Å². The second kappa shape index (κ2) is 4.42. The zero-order chi connectivity index (χ0) is 11.6. The normalized spacial score (nSPS) is 13.9. The van der Waals surface area contributed by atoms with E-state index in [-0.39, 0.29) is 11.3 Å². The predicted octanol–water partition coefficient (Wildman–Crippen LogP) is 1.78. The van der Waals surface area contributed by atoms with Crippen LogP contribution in [0.25, 0.3) is 0 Å². The second-order valence-electron chi connectivity index (χ2n) is 3.10. The molecular formula is C9H10BrF2NO2. The van der Waals surface area contributed by atoms with E-state index in [1.165, 1.54) is 18.2 Å². The lowest BCUT2D eigenvalue weighted by Crippen LogP contribution is -2.36. The van der Waals surface area contributed by atoms with Crippen LogP contribution in [0.5, 0.6) is 5.75 Å². The van der Waals surface area contributed by atoms with E-state index in [1.807, 2.05) is 0 Å². The summed E-state index contributed by atoms with van der Waals surface area (Å²) in [5, 5.41) is 17.8. The van der Waals surface area contributed by atoms with Crippen molar-refractivity contribution < 1.29 is 19.0 Å². The minimum Gasteiger partial charge on any atom is -0.508 e. The molecule has 4 N–H and O–H groups in total. The minimum atomic E-state index is -3.45. The van der Waals surface area contributed by atoms with Crippen LogP contribution in [0.15, 0.2) is 22.7 Å². The topological polar surface area (TPSA) is 66.5 Å². The lowest BCUT2D eigenvalue weighted by molar-refractivity contribution is -0.0715. The minimum absolute atomic E-state index is 0.0998. The Morgan fingerprint density at radius 3 is 2.53 bits per heavy atom. The maximum absolute atomic E-state index is 13.0. The smallest absolute Gasteiger partial charge is 0.289 e. The van der Waals surface area contributed by atoms with E-state index in [4.69, 9.17) is 10.8 Å². The molecule has 0 radical (unpaired) electrons. The summed E-state index contributed by atoms with van der Waals surface area (Å²) in [6.07, 6.45) is 0. The van der Waals surface area contributed by atoms with E-state index in [0.29, 0.717) is 4.47 Å².